The molecule has 0 saturated carbocycles. The SMILES string of the molecule is [O-][N+]1=C(c2ccccc2)C(=C(c2ccccc2)c2ccccc2)c2ccccc21. The fourth-order valence-electron chi connectivity index (χ4n) is 3.99. The van der Waals surface area contributed by atoms with Gasteiger partial charge in [0, 0.05) is 17.2 Å². The maximum atomic E-state index is 13.4. The first-order valence-electron chi connectivity index (χ1n) is 9.69. The zero-order valence-corrected chi connectivity index (χ0v) is 15.8. The second-order valence-corrected chi connectivity index (χ2v) is 7.01. The zero-order chi connectivity index (χ0) is 19.6. The fraction of sp³-hybridized carbons (Fsp3) is 0. The molecule has 0 aromatic heterocycles. The van der Waals surface area contributed by atoms with Gasteiger partial charge in [-0.25, -0.2) is 0 Å². The fourth-order valence-corrected chi connectivity index (χ4v) is 3.99. The van der Waals surface area contributed by atoms with Crippen LogP contribution in [0.1, 0.15) is 22.3 Å². The zero-order valence-electron chi connectivity index (χ0n) is 15.8. The minimum Gasteiger partial charge on any atom is -0.618 e. The van der Waals surface area contributed by atoms with E-state index in [0.717, 1.165) is 38.1 Å². The Balaban J connectivity index is 1.91. The molecule has 0 bridgehead atoms. The van der Waals surface area contributed by atoms with Crippen LogP contribution in [0.25, 0.3) is 11.1 Å². The summed E-state index contributed by atoms with van der Waals surface area (Å²) in [5, 5.41) is 13.4. The van der Waals surface area contributed by atoms with Crippen LogP contribution in [-0.2, 0) is 0 Å². The molecular formula is C27H19NO. The van der Waals surface area contributed by atoms with Gasteiger partial charge in [0.1, 0.15) is 0 Å². The molecule has 4 aromatic rings. The maximum absolute atomic E-state index is 13.4. The van der Waals surface area contributed by atoms with E-state index in [4.69, 9.17) is 0 Å². The molecule has 0 spiro atoms. The van der Waals surface area contributed by atoms with E-state index in [-0.39, 0.29) is 0 Å². The molecule has 1 aliphatic rings. The van der Waals surface area contributed by atoms with Crippen LogP contribution in [0.15, 0.2) is 115 Å². The van der Waals surface area contributed by atoms with Crippen LogP contribution in [0, 0.1) is 5.21 Å². The summed E-state index contributed by atoms with van der Waals surface area (Å²) in [7, 11) is 0. The van der Waals surface area contributed by atoms with E-state index in [0.29, 0.717) is 11.4 Å². The van der Waals surface area contributed by atoms with E-state index in [1.54, 1.807) is 0 Å². The van der Waals surface area contributed by atoms with Crippen molar-refractivity contribution in [3.8, 4) is 0 Å². The van der Waals surface area contributed by atoms with Gasteiger partial charge in [-0.2, -0.15) is 4.74 Å². The van der Waals surface area contributed by atoms with Crippen LogP contribution in [0.4, 0.5) is 5.69 Å². The van der Waals surface area contributed by atoms with Crippen molar-refractivity contribution in [1.82, 2.24) is 0 Å². The van der Waals surface area contributed by atoms with Gasteiger partial charge >= 0.3 is 0 Å². The third kappa shape index (κ3) is 2.95. The van der Waals surface area contributed by atoms with Crippen LogP contribution in [0.2, 0.25) is 0 Å². The molecule has 138 valence electrons. The average molecular weight is 373 g/mol. The summed E-state index contributed by atoms with van der Waals surface area (Å²) in [6, 6.07) is 38.4. The van der Waals surface area contributed by atoms with Gasteiger partial charge in [-0.3, -0.25) is 0 Å². The number of fused-ring (bicyclic) bond motifs is 1. The molecular weight excluding hydrogens is 354 g/mol. The Morgan fingerprint density at radius 3 is 1.62 bits per heavy atom. The van der Waals surface area contributed by atoms with Crippen molar-refractivity contribution in [2.24, 2.45) is 0 Å². The summed E-state index contributed by atoms with van der Waals surface area (Å²) >= 11 is 0. The quantitative estimate of drug-likeness (QED) is 0.306. The lowest BCUT2D eigenvalue weighted by Crippen LogP contribution is -2.10. The summed E-state index contributed by atoms with van der Waals surface area (Å²) in [5.41, 5.74) is 7.47. The third-order valence-electron chi connectivity index (χ3n) is 5.25. The van der Waals surface area contributed by atoms with Gasteiger partial charge in [0.15, 0.2) is 0 Å². The predicted molar refractivity (Wildman–Crippen MR) is 119 cm³/mol. The second kappa shape index (κ2) is 7.25. The highest BCUT2D eigenvalue weighted by atomic mass is 16.5. The normalized spacial score (nSPS) is 12.8. The monoisotopic (exact) mass is 373 g/mol. The van der Waals surface area contributed by atoms with Crippen molar-refractivity contribution >= 4 is 22.5 Å². The van der Waals surface area contributed by atoms with Gasteiger partial charge in [0.05, 0.1) is 11.1 Å². The molecule has 29 heavy (non-hydrogen) atoms. The summed E-state index contributed by atoms with van der Waals surface area (Å²) in [4.78, 5) is 0. The minimum atomic E-state index is 0.686. The Bertz CT molecular complexity index is 1180. The van der Waals surface area contributed by atoms with Gasteiger partial charge < -0.3 is 5.21 Å². The number of hydrogen-bond acceptors (Lipinski definition) is 1. The van der Waals surface area contributed by atoms with E-state index < -0.39 is 0 Å². The summed E-state index contributed by atoms with van der Waals surface area (Å²) < 4.78 is 1.08. The molecule has 0 atom stereocenters. The molecule has 1 aliphatic heterocycles. The summed E-state index contributed by atoms with van der Waals surface area (Å²) in [5.74, 6) is 0. The number of benzene rings is 4. The van der Waals surface area contributed by atoms with E-state index in [9.17, 15) is 5.21 Å². The number of para-hydroxylation sites is 1. The first-order chi connectivity index (χ1) is 14.3. The Morgan fingerprint density at radius 1 is 0.552 bits per heavy atom. The molecule has 0 N–H and O–H groups in total. The topological polar surface area (TPSA) is 26.1 Å². The second-order valence-electron chi connectivity index (χ2n) is 7.01. The molecule has 4 aromatic carbocycles. The first kappa shape index (κ1) is 17.2. The van der Waals surface area contributed by atoms with Crippen LogP contribution >= 0.6 is 0 Å². The maximum Gasteiger partial charge on any atom is 0.233 e. The lowest BCUT2D eigenvalue weighted by atomic mass is 9.86. The molecule has 0 fully saturated rings. The average Bonchev–Trinajstić information content (AvgIpc) is 3.09. The van der Waals surface area contributed by atoms with E-state index >= 15 is 0 Å². The molecule has 0 radical (unpaired) electrons. The van der Waals surface area contributed by atoms with E-state index in [1.165, 1.54) is 0 Å². The van der Waals surface area contributed by atoms with Gasteiger partial charge in [0.2, 0.25) is 11.4 Å². The third-order valence-corrected chi connectivity index (χ3v) is 5.25. The molecule has 0 saturated heterocycles. The Hall–Kier alpha value is -3.91. The van der Waals surface area contributed by atoms with Gasteiger partial charge in [-0.05, 0) is 29.3 Å². The highest BCUT2D eigenvalue weighted by Crippen LogP contribution is 2.42. The largest absolute Gasteiger partial charge is 0.618 e. The van der Waals surface area contributed by atoms with Crippen LogP contribution in [0.5, 0.6) is 0 Å². The molecule has 0 amide bonds. The molecule has 2 nitrogen and oxygen atoms in total. The van der Waals surface area contributed by atoms with Crippen molar-refractivity contribution in [1.29, 1.82) is 0 Å². The van der Waals surface area contributed by atoms with Gasteiger partial charge in [-0.1, -0.05) is 91.0 Å². The number of allylic oxidation sites excluding steroid dienone is 1. The molecule has 1 heterocycles. The Labute approximate surface area is 170 Å². The van der Waals surface area contributed by atoms with Crippen molar-refractivity contribution in [3.63, 3.8) is 0 Å². The van der Waals surface area contributed by atoms with E-state index in [2.05, 4.69) is 24.3 Å². The van der Waals surface area contributed by atoms with E-state index in [1.807, 2.05) is 91.0 Å². The molecule has 2 heteroatoms. The molecule has 0 unspecified atom stereocenters. The molecule has 5 rings (SSSR count). The van der Waals surface area contributed by atoms with Crippen molar-refractivity contribution in [2.75, 3.05) is 0 Å². The standard InChI is InChI=1S/C27H19NO/c29-28-24-19-11-10-18-23(24)26(27(28)22-16-8-3-9-17-22)25(20-12-4-1-5-13-20)21-14-6-2-7-15-21/h1-19H. The van der Waals surface area contributed by atoms with Gasteiger partial charge in [-0.15, -0.1) is 0 Å². The smallest absolute Gasteiger partial charge is 0.233 e. The lowest BCUT2D eigenvalue weighted by molar-refractivity contribution is -0.355. The molecule has 0 aliphatic carbocycles. The summed E-state index contributed by atoms with van der Waals surface area (Å²) in [6.45, 7) is 0. The number of hydrogen-bond donors (Lipinski definition) is 0. The predicted octanol–water partition coefficient (Wildman–Crippen LogP) is 6.29. The van der Waals surface area contributed by atoms with Crippen molar-refractivity contribution in [2.45, 2.75) is 0 Å². The Morgan fingerprint density at radius 2 is 1.03 bits per heavy atom. The van der Waals surface area contributed by atoms with Crippen LogP contribution < -0.4 is 0 Å². The number of nitrogens with zero attached hydrogens (tertiary/aromatic N) is 1. The van der Waals surface area contributed by atoms with Crippen LogP contribution in [0.3, 0.4) is 0 Å². The van der Waals surface area contributed by atoms with Crippen molar-refractivity contribution < 1.29 is 4.74 Å². The Kier molecular flexibility index (Phi) is 4.30. The van der Waals surface area contributed by atoms with Crippen molar-refractivity contribution in [3.05, 3.63) is 143 Å². The number of rotatable bonds is 3. The lowest BCUT2D eigenvalue weighted by Gasteiger charge is -2.13. The highest BCUT2D eigenvalue weighted by Gasteiger charge is 2.35. The van der Waals surface area contributed by atoms with Gasteiger partial charge in [0.25, 0.3) is 0 Å². The van der Waals surface area contributed by atoms with Crippen LogP contribution in [-0.4, -0.2) is 10.5 Å². The first-order valence-corrected chi connectivity index (χ1v) is 9.69. The highest BCUT2D eigenvalue weighted by molar-refractivity contribution is 6.38. The summed E-state index contributed by atoms with van der Waals surface area (Å²) in [6.07, 6.45) is 0. The minimum absolute atomic E-state index is 0.686.